The van der Waals surface area contributed by atoms with E-state index < -0.39 is 0 Å². The number of carbonyl (C=O) groups is 1. The van der Waals surface area contributed by atoms with Gasteiger partial charge in [-0.2, -0.15) is 0 Å². The molecule has 5 heteroatoms. The fourth-order valence-electron chi connectivity index (χ4n) is 1.67. The Labute approximate surface area is 119 Å². The number of halogens is 1. The molecule has 0 saturated heterocycles. The standard InChI is InChI=1S/C14H13BrN2O2/c1-8-6-10(3-5-13(8)18)17-14(19)11-4-2-9(15)7-12(11)16/h2-7,18H,16H2,1H3,(H,17,19). The molecule has 4 N–H and O–H groups in total. The molecular weight excluding hydrogens is 308 g/mol. The van der Waals surface area contributed by atoms with Gasteiger partial charge < -0.3 is 16.2 Å². The van der Waals surface area contributed by atoms with Crippen LogP contribution in [0.1, 0.15) is 15.9 Å². The summed E-state index contributed by atoms with van der Waals surface area (Å²) in [6.07, 6.45) is 0. The van der Waals surface area contributed by atoms with Crippen LogP contribution < -0.4 is 11.1 Å². The van der Waals surface area contributed by atoms with Gasteiger partial charge in [0.1, 0.15) is 5.75 Å². The highest BCUT2D eigenvalue weighted by Crippen LogP contribution is 2.22. The molecule has 4 nitrogen and oxygen atoms in total. The van der Waals surface area contributed by atoms with Crippen LogP contribution in [0.4, 0.5) is 11.4 Å². The van der Waals surface area contributed by atoms with E-state index in [9.17, 15) is 9.90 Å². The Morgan fingerprint density at radius 2 is 2.00 bits per heavy atom. The fraction of sp³-hybridized carbons (Fsp3) is 0.0714. The van der Waals surface area contributed by atoms with Gasteiger partial charge in [0.2, 0.25) is 0 Å². The highest BCUT2D eigenvalue weighted by molar-refractivity contribution is 9.10. The second-order valence-corrected chi connectivity index (χ2v) is 5.10. The first-order chi connectivity index (χ1) is 8.97. The Morgan fingerprint density at radius 1 is 1.26 bits per heavy atom. The molecule has 0 aliphatic heterocycles. The van der Waals surface area contributed by atoms with Crippen molar-refractivity contribution in [3.63, 3.8) is 0 Å². The van der Waals surface area contributed by atoms with Crippen molar-refractivity contribution in [2.45, 2.75) is 6.92 Å². The third-order valence-corrected chi connectivity index (χ3v) is 3.21. The number of nitrogen functional groups attached to an aromatic ring is 1. The number of benzene rings is 2. The third-order valence-electron chi connectivity index (χ3n) is 2.71. The maximum atomic E-state index is 12.1. The molecule has 0 spiro atoms. The van der Waals surface area contributed by atoms with Crippen LogP contribution in [0, 0.1) is 6.92 Å². The number of nitrogens with two attached hydrogens (primary N) is 1. The van der Waals surface area contributed by atoms with Gasteiger partial charge in [-0.15, -0.1) is 0 Å². The van der Waals surface area contributed by atoms with Crippen molar-refractivity contribution in [1.29, 1.82) is 0 Å². The van der Waals surface area contributed by atoms with Gasteiger partial charge in [0.05, 0.1) is 5.56 Å². The van der Waals surface area contributed by atoms with Crippen molar-refractivity contribution in [1.82, 2.24) is 0 Å². The topological polar surface area (TPSA) is 75.4 Å². The molecule has 0 aliphatic carbocycles. The lowest BCUT2D eigenvalue weighted by Gasteiger charge is -2.09. The summed E-state index contributed by atoms with van der Waals surface area (Å²) in [7, 11) is 0. The highest BCUT2D eigenvalue weighted by Gasteiger charge is 2.10. The quantitative estimate of drug-likeness (QED) is 0.587. The second kappa shape index (κ2) is 5.32. The van der Waals surface area contributed by atoms with Gasteiger partial charge in [0.15, 0.2) is 0 Å². The number of aromatic hydroxyl groups is 1. The predicted octanol–water partition coefficient (Wildman–Crippen LogP) is 3.30. The van der Waals surface area contributed by atoms with E-state index in [-0.39, 0.29) is 11.7 Å². The second-order valence-electron chi connectivity index (χ2n) is 4.19. The van der Waals surface area contributed by atoms with Crippen LogP contribution in [0.5, 0.6) is 5.75 Å². The Hall–Kier alpha value is -2.01. The minimum absolute atomic E-state index is 0.196. The first-order valence-corrected chi connectivity index (χ1v) is 6.42. The summed E-state index contributed by atoms with van der Waals surface area (Å²) in [5.41, 5.74) is 7.92. The van der Waals surface area contributed by atoms with Crippen molar-refractivity contribution in [3.05, 3.63) is 52.0 Å². The first kappa shape index (κ1) is 13.4. The molecule has 0 radical (unpaired) electrons. The molecule has 2 aromatic rings. The third kappa shape index (κ3) is 3.06. The Bertz CT molecular complexity index is 641. The van der Waals surface area contributed by atoms with Crippen LogP contribution in [0.25, 0.3) is 0 Å². The molecule has 0 aliphatic rings. The van der Waals surface area contributed by atoms with Crippen LogP contribution in [0.3, 0.4) is 0 Å². The molecule has 0 atom stereocenters. The number of amides is 1. The molecule has 2 aromatic carbocycles. The monoisotopic (exact) mass is 320 g/mol. The number of rotatable bonds is 2. The van der Waals surface area contributed by atoms with Crippen molar-refractivity contribution in [3.8, 4) is 5.75 Å². The number of hydrogen-bond donors (Lipinski definition) is 3. The normalized spacial score (nSPS) is 10.2. The van der Waals surface area contributed by atoms with E-state index in [4.69, 9.17) is 5.73 Å². The average molecular weight is 321 g/mol. The van der Waals surface area contributed by atoms with Gasteiger partial charge >= 0.3 is 0 Å². The van der Waals surface area contributed by atoms with E-state index in [1.807, 2.05) is 0 Å². The number of nitrogens with one attached hydrogen (secondary N) is 1. The van der Waals surface area contributed by atoms with Gasteiger partial charge in [-0.25, -0.2) is 0 Å². The maximum Gasteiger partial charge on any atom is 0.257 e. The van der Waals surface area contributed by atoms with Gasteiger partial charge in [0.25, 0.3) is 5.91 Å². The van der Waals surface area contributed by atoms with E-state index in [0.717, 1.165) is 4.47 Å². The summed E-state index contributed by atoms with van der Waals surface area (Å²) in [4.78, 5) is 12.1. The molecule has 0 heterocycles. The predicted molar refractivity (Wildman–Crippen MR) is 79.4 cm³/mol. The van der Waals surface area contributed by atoms with Crippen LogP contribution in [0.2, 0.25) is 0 Å². The summed E-state index contributed by atoms with van der Waals surface area (Å²) in [6.45, 7) is 1.76. The number of anilines is 2. The minimum atomic E-state index is -0.282. The van der Waals surface area contributed by atoms with Gasteiger partial charge in [-0.1, -0.05) is 15.9 Å². The molecule has 1 amide bonds. The largest absolute Gasteiger partial charge is 0.508 e. The number of aryl methyl sites for hydroxylation is 1. The number of hydrogen-bond acceptors (Lipinski definition) is 3. The summed E-state index contributed by atoms with van der Waals surface area (Å²) in [5, 5.41) is 12.2. The smallest absolute Gasteiger partial charge is 0.257 e. The molecule has 0 fully saturated rings. The lowest BCUT2D eigenvalue weighted by atomic mass is 10.1. The Kier molecular flexibility index (Phi) is 3.76. The summed E-state index contributed by atoms with van der Waals surface area (Å²) >= 11 is 3.29. The number of phenolic OH excluding ortho intramolecular Hbond substituents is 1. The molecule has 0 bridgehead atoms. The molecule has 0 aromatic heterocycles. The van der Waals surface area contributed by atoms with Gasteiger partial charge in [-0.3, -0.25) is 4.79 Å². The summed E-state index contributed by atoms with van der Waals surface area (Å²) in [6, 6.07) is 9.96. The summed E-state index contributed by atoms with van der Waals surface area (Å²) < 4.78 is 0.821. The molecule has 19 heavy (non-hydrogen) atoms. The lowest BCUT2D eigenvalue weighted by molar-refractivity contribution is 0.102. The van der Waals surface area contributed by atoms with E-state index in [1.54, 1.807) is 37.3 Å². The first-order valence-electron chi connectivity index (χ1n) is 5.63. The zero-order valence-corrected chi connectivity index (χ0v) is 11.9. The van der Waals surface area contributed by atoms with Crippen LogP contribution >= 0.6 is 15.9 Å². The molecule has 98 valence electrons. The maximum absolute atomic E-state index is 12.1. The van der Waals surface area contributed by atoms with Crippen molar-refractivity contribution < 1.29 is 9.90 Å². The van der Waals surface area contributed by atoms with Gasteiger partial charge in [0, 0.05) is 15.8 Å². The highest BCUT2D eigenvalue weighted by atomic mass is 79.9. The van der Waals surface area contributed by atoms with Crippen molar-refractivity contribution in [2.75, 3.05) is 11.1 Å². The molecule has 2 rings (SSSR count). The number of carbonyl (C=O) groups excluding carboxylic acids is 1. The molecular formula is C14H13BrN2O2. The Morgan fingerprint density at radius 3 is 2.63 bits per heavy atom. The van der Waals surface area contributed by atoms with Crippen molar-refractivity contribution >= 4 is 33.2 Å². The van der Waals surface area contributed by atoms with E-state index >= 15 is 0 Å². The zero-order chi connectivity index (χ0) is 14.0. The van der Waals surface area contributed by atoms with Crippen LogP contribution in [-0.2, 0) is 0 Å². The van der Waals surface area contributed by atoms with E-state index in [1.165, 1.54) is 6.07 Å². The zero-order valence-electron chi connectivity index (χ0n) is 10.3. The SMILES string of the molecule is Cc1cc(NC(=O)c2ccc(Br)cc2N)ccc1O. The molecule has 0 unspecified atom stereocenters. The number of phenols is 1. The Balaban J connectivity index is 2.23. The van der Waals surface area contributed by atoms with Crippen LogP contribution in [0.15, 0.2) is 40.9 Å². The molecule has 0 saturated carbocycles. The lowest BCUT2D eigenvalue weighted by Crippen LogP contribution is -2.14. The van der Waals surface area contributed by atoms with Gasteiger partial charge in [-0.05, 0) is 48.9 Å². The van der Waals surface area contributed by atoms with E-state index in [0.29, 0.717) is 22.5 Å². The fourth-order valence-corrected chi connectivity index (χ4v) is 2.05. The summed E-state index contributed by atoms with van der Waals surface area (Å²) in [5.74, 6) is -0.0868. The minimum Gasteiger partial charge on any atom is -0.508 e. The van der Waals surface area contributed by atoms with Crippen LogP contribution in [-0.4, -0.2) is 11.0 Å². The van der Waals surface area contributed by atoms with Crippen molar-refractivity contribution in [2.24, 2.45) is 0 Å². The van der Waals surface area contributed by atoms with E-state index in [2.05, 4.69) is 21.2 Å². The average Bonchev–Trinajstić information content (AvgIpc) is 2.33.